The highest BCUT2D eigenvalue weighted by molar-refractivity contribution is 9.10. The molecule has 1 aromatic carbocycles. The molecule has 1 aliphatic heterocycles. The van der Waals surface area contributed by atoms with Gasteiger partial charge in [0.15, 0.2) is 0 Å². The highest BCUT2D eigenvalue weighted by atomic mass is 79.9. The minimum Gasteiger partial charge on any atom is -0.507 e. The van der Waals surface area contributed by atoms with Gasteiger partial charge in [-0.1, -0.05) is 0 Å². The average Bonchev–Trinajstić information content (AvgIpc) is 2.93. The van der Waals surface area contributed by atoms with Gasteiger partial charge in [0.2, 0.25) is 0 Å². The lowest BCUT2D eigenvalue weighted by molar-refractivity contribution is -0.533. The molecule has 1 unspecified atom stereocenters. The van der Waals surface area contributed by atoms with E-state index in [1.165, 1.54) is 6.07 Å². The van der Waals surface area contributed by atoms with Crippen molar-refractivity contribution < 1.29 is 19.6 Å². The van der Waals surface area contributed by atoms with Crippen LogP contribution >= 0.6 is 15.9 Å². The number of carboxylic acid groups (broad SMARTS) is 1. The van der Waals surface area contributed by atoms with Crippen molar-refractivity contribution in [3.63, 3.8) is 0 Å². The van der Waals surface area contributed by atoms with Crippen molar-refractivity contribution in [2.45, 2.75) is 6.04 Å². The second kappa shape index (κ2) is 4.66. The normalized spacial score (nSPS) is 18.3. The van der Waals surface area contributed by atoms with Crippen LogP contribution in [0.1, 0.15) is 22.1 Å². The van der Waals surface area contributed by atoms with Crippen molar-refractivity contribution in [2.24, 2.45) is 5.73 Å². The van der Waals surface area contributed by atoms with E-state index >= 15 is 0 Å². The number of hydrogen-bond donors (Lipinski definition) is 5. The number of benzene rings is 1. The van der Waals surface area contributed by atoms with Crippen molar-refractivity contribution in [2.75, 3.05) is 13.6 Å². The summed E-state index contributed by atoms with van der Waals surface area (Å²) in [6, 6.07) is 3.03. The molecule has 7 nitrogen and oxygen atoms in total. The lowest BCUT2D eigenvalue weighted by Crippen LogP contribution is -2.30. The van der Waals surface area contributed by atoms with Gasteiger partial charge in [0.1, 0.15) is 24.0 Å². The summed E-state index contributed by atoms with van der Waals surface area (Å²) in [6.45, 7) is 0.522. The number of phenolic OH excluding ortho intramolecular Hbond substituents is 1. The summed E-state index contributed by atoms with van der Waals surface area (Å²) in [4.78, 5) is 14.4. The van der Waals surface area contributed by atoms with Gasteiger partial charge in [-0.05, 0) is 22.0 Å². The smallest absolute Gasteiger partial charge is 0.352 e. The Balaban J connectivity index is 2.31. The quantitative estimate of drug-likeness (QED) is 0.515. The van der Waals surface area contributed by atoms with Crippen molar-refractivity contribution in [3.8, 4) is 5.75 Å². The van der Waals surface area contributed by atoms with E-state index in [1.54, 1.807) is 17.7 Å². The summed E-state index contributed by atoms with van der Waals surface area (Å²) >= 11 is 3.26. The summed E-state index contributed by atoms with van der Waals surface area (Å²) in [6.07, 6.45) is 0. The van der Waals surface area contributed by atoms with Gasteiger partial charge in [0.25, 0.3) is 0 Å². The highest BCUT2D eigenvalue weighted by Crippen LogP contribution is 2.36. The Bertz CT molecular complexity index is 796. The molecule has 1 atom stereocenters. The number of halogens is 1. The van der Waals surface area contributed by atoms with E-state index in [4.69, 9.17) is 5.73 Å². The molecule has 1 aliphatic rings. The zero-order valence-electron chi connectivity index (χ0n) is 11.1. The zero-order valence-corrected chi connectivity index (χ0v) is 12.7. The molecule has 0 bridgehead atoms. The van der Waals surface area contributed by atoms with E-state index in [0.717, 1.165) is 5.39 Å². The maximum absolute atomic E-state index is 11.5. The second-order valence-corrected chi connectivity index (χ2v) is 5.82. The molecule has 0 aliphatic carbocycles. The van der Waals surface area contributed by atoms with Crippen LogP contribution in [0.3, 0.4) is 0 Å². The fraction of sp³-hybridized carbons (Fsp3) is 0.231. The fourth-order valence-corrected chi connectivity index (χ4v) is 3.01. The van der Waals surface area contributed by atoms with E-state index < -0.39 is 5.97 Å². The molecule has 110 valence electrons. The Kier molecular flexibility index (Phi) is 3.05. The largest absolute Gasteiger partial charge is 0.507 e. The summed E-state index contributed by atoms with van der Waals surface area (Å²) in [5.74, 6) is -0.490. The predicted molar refractivity (Wildman–Crippen MR) is 80.7 cm³/mol. The van der Waals surface area contributed by atoms with Crippen LogP contribution in [0.5, 0.6) is 5.75 Å². The molecular formula is C13H14BrN4O3+. The molecular weight excluding hydrogens is 340 g/mol. The van der Waals surface area contributed by atoms with Crippen molar-refractivity contribution >= 4 is 38.8 Å². The van der Waals surface area contributed by atoms with E-state index in [2.05, 4.69) is 26.2 Å². The number of fused-ring (bicyclic) bond motifs is 1. The first-order chi connectivity index (χ1) is 9.90. The van der Waals surface area contributed by atoms with Gasteiger partial charge in [0, 0.05) is 17.0 Å². The molecule has 0 spiro atoms. The molecule has 0 saturated carbocycles. The maximum atomic E-state index is 11.5. The number of likely N-dealkylation sites (N-methyl/N-ethyl adjacent to an activating group) is 1. The monoisotopic (exact) mass is 353 g/mol. The molecule has 3 rings (SSSR count). The standard InChI is InChI=1S/C13H13BrN4O3/c1-18-8(4-16-13(18)15)10-5-2-6(14)9(19)3-7(5)17-11(10)12(20)21/h2-3,8,17H,4H2,1H3,(H4,15,16,19,20,21)/p+1. The number of carbonyl (C=O) groups is 1. The lowest BCUT2D eigenvalue weighted by Gasteiger charge is -2.10. The van der Waals surface area contributed by atoms with E-state index in [-0.39, 0.29) is 17.5 Å². The van der Waals surface area contributed by atoms with E-state index in [1.807, 2.05) is 0 Å². The number of hydrogen-bond acceptors (Lipinski definition) is 4. The lowest BCUT2D eigenvalue weighted by atomic mass is 10.0. The van der Waals surface area contributed by atoms with Crippen molar-refractivity contribution in [1.29, 1.82) is 0 Å². The van der Waals surface area contributed by atoms with Crippen LogP contribution in [-0.4, -0.2) is 45.3 Å². The zero-order chi connectivity index (χ0) is 15.3. The number of aromatic nitrogens is 1. The molecule has 21 heavy (non-hydrogen) atoms. The van der Waals surface area contributed by atoms with Crippen molar-refractivity contribution in [1.82, 2.24) is 10.3 Å². The number of nitrogens with zero attached hydrogens (tertiary/aromatic N) is 1. The van der Waals surface area contributed by atoms with Crippen LogP contribution in [0.25, 0.3) is 10.9 Å². The first-order valence-electron chi connectivity index (χ1n) is 6.26. The van der Waals surface area contributed by atoms with Crippen LogP contribution in [-0.2, 0) is 0 Å². The number of guanidine groups is 1. The minimum absolute atomic E-state index is 0.0521. The third-order valence-corrected chi connectivity index (χ3v) is 4.41. The van der Waals surface area contributed by atoms with Crippen LogP contribution in [0.15, 0.2) is 16.6 Å². The van der Waals surface area contributed by atoms with Gasteiger partial charge in [-0.15, -0.1) is 0 Å². The van der Waals surface area contributed by atoms with Crippen LogP contribution in [0.4, 0.5) is 0 Å². The summed E-state index contributed by atoms with van der Waals surface area (Å²) in [5, 5.41) is 22.9. The number of H-pyrrole nitrogens is 1. The molecule has 0 radical (unpaired) electrons. The number of rotatable bonds is 2. The highest BCUT2D eigenvalue weighted by Gasteiger charge is 2.33. The molecule has 0 saturated heterocycles. The predicted octanol–water partition coefficient (Wildman–Crippen LogP) is 0.936. The number of aromatic hydroxyl groups is 1. The number of nitrogens with one attached hydrogen (secondary N) is 2. The Hall–Kier alpha value is -2.22. The van der Waals surface area contributed by atoms with Crippen LogP contribution in [0.2, 0.25) is 0 Å². The molecule has 0 amide bonds. The van der Waals surface area contributed by atoms with Crippen molar-refractivity contribution in [3.05, 3.63) is 27.9 Å². The van der Waals surface area contributed by atoms with E-state index in [9.17, 15) is 15.0 Å². The third-order valence-electron chi connectivity index (χ3n) is 3.78. The first kappa shape index (κ1) is 13.7. The number of carboxylic acids is 1. The van der Waals surface area contributed by atoms with Crippen LogP contribution < -0.4 is 11.1 Å². The van der Waals surface area contributed by atoms with Gasteiger partial charge in [-0.25, -0.2) is 4.79 Å². The Morgan fingerprint density at radius 1 is 1.52 bits per heavy atom. The molecule has 2 aromatic rings. The Morgan fingerprint density at radius 3 is 2.81 bits per heavy atom. The third kappa shape index (κ3) is 2.02. The minimum atomic E-state index is -1.05. The topological polar surface area (TPSA) is 114 Å². The molecule has 8 heteroatoms. The van der Waals surface area contributed by atoms with E-state index in [0.29, 0.717) is 28.1 Å². The molecule has 1 aromatic heterocycles. The van der Waals surface area contributed by atoms with Gasteiger partial charge in [-0.3, -0.25) is 15.6 Å². The second-order valence-electron chi connectivity index (χ2n) is 4.96. The Morgan fingerprint density at radius 2 is 2.24 bits per heavy atom. The average molecular weight is 354 g/mol. The molecule has 2 heterocycles. The fourth-order valence-electron chi connectivity index (χ4n) is 2.67. The Labute approximate surface area is 128 Å². The molecule has 6 N–H and O–H groups in total. The van der Waals surface area contributed by atoms with Gasteiger partial charge >= 0.3 is 11.9 Å². The SMILES string of the molecule is C[N+]1=C(N)NCC1c1c(C(=O)O)[nH]c2cc(O)c(Br)cc12. The first-order valence-corrected chi connectivity index (χ1v) is 7.06. The summed E-state index contributed by atoms with van der Waals surface area (Å²) in [5.41, 5.74) is 7.15. The maximum Gasteiger partial charge on any atom is 0.352 e. The van der Waals surface area contributed by atoms with Gasteiger partial charge in [-0.2, -0.15) is 0 Å². The van der Waals surface area contributed by atoms with Crippen LogP contribution in [0, 0.1) is 0 Å². The summed E-state index contributed by atoms with van der Waals surface area (Å²) in [7, 11) is 1.81. The summed E-state index contributed by atoms with van der Waals surface area (Å²) < 4.78 is 2.31. The number of nitrogens with two attached hydrogens (primary N) is 1. The number of aromatic amines is 1. The van der Waals surface area contributed by atoms with Gasteiger partial charge < -0.3 is 15.2 Å². The van der Waals surface area contributed by atoms with Gasteiger partial charge in [0.05, 0.1) is 17.0 Å². The molecule has 0 fully saturated rings. The number of aromatic carboxylic acids is 1. The number of phenols is 1.